The zero-order valence-corrected chi connectivity index (χ0v) is 15.8. The molecule has 3 aromatic rings. The monoisotopic (exact) mass is 363 g/mol. The molecule has 1 amide bonds. The number of carbonyl (C=O) groups excluding carboxylic acids is 1. The molecule has 5 heteroatoms. The van der Waals surface area contributed by atoms with Gasteiger partial charge in [0.15, 0.2) is 6.10 Å². The van der Waals surface area contributed by atoms with Crippen molar-refractivity contribution in [1.82, 2.24) is 14.9 Å². The number of pyridine rings is 1. The second-order valence-electron chi connectivity index (χ2n) is 7.32. The lowest BCUT2D eigenvalue weighted by molar-refractivity contribution is -0.139. The minimum atomic E-state index is -0.472. The number of aromatic nitrogens is 2. The van der Waals surface area contributed by atoms with E-state index in [-0.39, 0.29) is 5.91 Å². The lowest BCUT2D eigenvalue weighted by atomic mass is 9.89. The third kappa shape index (κ3) is 3.68. The van der Waals surface area contributed by atoms with Crippen molar-refractivity contribution >= 4 is 16.9 Å². The number of likely N-dealkylation sites (tertiary alicyclic amines) is 1. The number of nitrogens with one attached hydrogen (secondary N) is 1. The van der Waals surface area contributed by atoms with Crippen LogP contribution in [0.3, 0.4) is 0 Å². The molecule has 1 unspecified atom stereocenters. The quantitative estimate of drug-likeness (QED) is 0.761. The molecule has 4 rings (SSSR count). The number of carbonyl (C=O) groups is 1. The van der Waals surface area contributed by atoms with Crippen LogP contribution in [0.2, 0.25) is 0 Å². The Morgan fingerprint density at radius 2 is 2.07 bits per heavy atom. The van der Waals surface area contributed by atoms with Crippen molar-refractivity contribution in [3.8, 4) is 5.75 Å². The Kier molecular flexibility index (Phi) is 4.84. The Balaban J connectivity index is 1.37. The second-order valence-corrected chi connectivity index (χ2v) is 7.32. The number of ether oxygens (including phenoxy) is 1. The fourth-order valence-electron chi connectivity index (χ4n) is 3.93. The lowest BCUT2D eigenvalue weighted by Crippen LogP contribution is -2.44. The van der Waals surface area contributed by atoms with Gasteiger partial charge in [0.2, 0.25) is 0 Å². The SMILES string of the molecule is Cc1cccc(OC(C)C(=O)N2CCC(c3c[nH]c4ncccc34)CC2)c1. The Morgan fingerprint density at radius 3 is 2.85 bits per heavy atom. The van der Waals surface area contributed by atoms with Crippen LogP contribution in [0.1, 0.15) is 36.8 Å². The molecular weight excluding hydrogens is 338 g/mol. The average Bonchev–Trinajstić information content (AvgIpc) is 3.12. The molecule has 0 radical (unpaired) electrons. The Hall–Kier alpha value is -2.82. The van der Waals surface area contributed by atoms with E-state index in [1.807, 2.05) is 49.1 Å². The highest BCUT2D eigenvalue weighted by Gasteiger charge is 2.28. The molecule has 1 fully saturated rings. The fraction of sp³-hybridized carbons (Fsp3) is 0.364. The number of aromatic amines is 1. The van der Waals surface area contributed by atoms with Crippen molar-refractivity contribution in [2.75, 3.05) is 13.1 Å². The first-order valence-corrected chi connectivity index (χ1v) is 9.56. The van der Waals surface area contributed by atoms with Crippen LogP contribution >= 0.6 is 0 Å². The van der Waals surface area contributed by atoms with Crippen molar-refractivity contribution in [2.45, 2.75) is 38.7 Å². The van der Waals surface area contributed by atoms with Gasteiger partial charge in [0.1, 0.15) is 11.4 Å². The van der Waals surface area contributed by atoms with E-state index in [1.165, 1.54) is 10.9 Å². The first-order chi connectivity index (χ1) is 13.1. The van der Waals surface area contributed by atoms with Gasteiger partial charge in [-0.2, -0.15) is 0 Å². The van der Waals surface area contributed by atoms with Gasteiger partial charge in [-0.25, -0.2) is 4.98 Å². The van der Waals surface area contributed by atoms with Crippen molar-refractivity contribution in [3.05, 3.63) is 59.9 Å². The maximum Gasteiger partial charge on any atom is 0.263 e. The Morgan fingerprint density at radius 1 is 1.26 bits per heavy atom. The van der Waals surface area contributed by atoms with E-state index >= 15 is 0 Å². The number of nitrogens with zero attached hydrogens (tertiary/aromatic N) is 2. The summed E-state index contributed by atoms with van der Waals surface area (Å²) in [6, 6.07) is 11.9. The fourth-order valence-corrected chi connectivity index (χ4v) is 3.93. The molecule has 0 aliphatic carbocycles. The van der Waals surface area contributed by atoms with Crippen molar-refractivity contribution < 1.29 is 9.53 Å². The summed E-state index contributed by atoms with van der Waals surface area (Å²) in [5.41, 5.74) is 3.38. The summed E-state index contributed by atoms with van der Waals surface area (Å²) in [5.74, 6) is 1.27. The topological polar surface area (TPSA) is 58.2 Å². The molecule has 140 valence electrons. The number of benzene rings is 1. The van der Waals surface area contributed by atoms with Gasteiger partial charge in [0.25, 0.3) is 5.91 Å². The summed E-state index contributed by atoms with van der Waals surface area (Å²) in [4.78, 5) is 22.3. The van der Waals surface area contributed by atoms with Crippen LogP contribution in [0.25, 0.3) is 11.0 Å². The molecule has 1 atom stereocenters. The summed E-state index contributed by atoms with van der Waals surface area (Å²) in [6.07, 6.45) is 5.33. The van der Waals surface area contributed by atoms with Crippen LogP contribution in [-0.4, -0.2) is 40.0 Å². The van der Waals surface area contributed by atoms with Crippen LogP contribution in [0.15, 0.2) is 48.8 Å². The number of amides is 1. The number of rotatable bonds is 4. The minimum Gasteiger partial charge on any atom is -0.481 e. The molecule has 0 saturated carbocycles. The molecule has 2 aromatic heterocycles. The van der Waals surface area contributed by atoms with Crippen LogP contribution < -0.4 is 4.74 Å². The van der Waals surface area contributed by atoms with E-state index in [9.17, 15) is 4.79 Å². The molecule has 1 aromatic carbocycles. The number of piperidine rings is 1. The summed E-state index contributed by atoms with van der Waals surface area (Å²) in [7, 11) is 0. The predicted molar refractivity (Wildman–Crippen MR) is 106 cm³/mol. The van der Waals surface area contributed by atoms with Gasteiger partial charge in [-0.3, -0.25) is 4.79 Å². The van der Waals surface area contributed by atoms with Crippen LogP contribution in [0.5, 0.6) is 5.75 Å². The third-order valence-corrected chi connectivity index (χ3v) is 5.38. The molecule has 1 aliphatic rings. The highest BCUT2D eigenvalue weighted by molar-refractivity contribution is 5.82. The van der Waals surface area contributed by atoms with Crippen molar-refractivity contribution in [3.63, 3.8) is 0 Å². The first kappa shape index (κ1) is 17.6. The molecular formula is C22H25N3O2. The predicted octanol–water partition coefficient (Wildman–Crippen LogP) is 4.04. The molecule has 27 heavy (non-hydrogen) atoms. The highest BCUT2D eigenvalue weighted by Crippen LogP contribution is 2.32. The summed E-state index contributed by atoms with van der Waals surface area (Å²) < 4.78 is 5.86. The van der Waals surface area contributed by atoms with Gasteiger partial charge in [0.05, 0.1) is 0 Å². The number of hydrogen-bond acceptors (Lipinski definition) is 3. The summed E-state index contributed by atoms with van der Waals surface area (Å²) in [6.45, 7) is 5.38. The van der Waals surface area contributed by atoms with Crippen LogP contribution in [-0.2, 0) is 4.79 Å². The Bertz CT molecular complexity index is 941. The molecule has 3 heterocycles. The third-order valence-electron chi connectivity index (χ3n) is 5.38. The van der Waals surface area contributed by atoms with Crippen LogP contribution in [0.4, 0.5) is 0 Å². The van der Waals surface area contributed by atoms with Gasteiger partial charge >= 0.3 is 0 Å². The maximum atomic E-state index is 12.8. The maximum absolute atomic E-state index is 12.8. The normalized spacial score (nSPS) is 16.4. The van der Waals surface area contributed by atoms with Crippen LogP contribution in [0, 0.1) is 6.92 Å². The van der Waals surface area contributed by atoms with Gasteiger partial charge in [-0.1, -0.05) is 12.1 Å². The highest BCUT2D eigenvalue weighted by atomic mass is 16.5. The zero-order chi connectivity index (χ0) is 18.8. The van der Waals surface area contributed by atoms with Crippen molar-refractivity contribution in [2.24, 2.45) is 0 Å². The van der Waals surface area contributed by atoms with E-state index in [1.54, 1.807) is 6.20 Å². The molecule has 1 aliphatic heterocycles. The standard InChI is InChI=1S/C22H25N3O2/c1-15-5-3-6-18(13-15)27-16(2)22(26)25-11-8-17(9-12-25)20-14-24-21-19(20)7-4-10-23-21/h3-7,10,13-14,16-17H,8-9,11-12H2,1-2H3,(H,23,24). The van der Waals surface area contributed by atoms with E-state index in [2.05, 4.69) is 22.2 Å². The van der Waals surface area contributed by atoms with E-state index in [4.69, 9.17) is 4.74 Å². The van der Waals surface area contributed by atoms with Gasteiger partial charge < -0.3 is 14.6 Å². The number of fused-ring (bicyclic) bond motifs is 1. The number of aryl methyl sites for hydroxylation is 1. The number of H-pyrrole nitrogens is 1. The summed E-state index contributed by atoms with van der Waals surface area (Å²) in [5, 5.41) is 1.19. The smallest absolute Gasteiger partial charge is 0.263 e. The molecule has 1 N–H and O–H groups in total. The lowest BCUT2D eigenvalue weighted by Gasteiger charge is -2.33. The van der Waals surface area contributed by atoms with E-state index < -0.39 is 6.10 Å². The molecule has 0 spiro atoms. The molecule has 0 bridgehead atoms. The number of hydrogen-bond donors (Lipinski definition) is 1. The molecule has 5 nitrogen and oxygen atoms in total. The zero-order valence-electron chi connectivity index (χ0n) is 15.8. The van der Waals surface area contributed by atoms with E-state index in [0.717, 1.165) is 42.9 Å². The summed E-state index contributed by atoms with van der Waals surface area (Å²) >= 11 is 0. The van der Waals surface area contributed by atoms with Crippen molar-refractivity contribution in [1.29, 1.82) is 0 Å². The first-order valence-electron chi connectivity index (χ1n) is 9.56. The minimum absolute atomic E-state index is 0.0653. The molecule has 1 saturated heterocycles. The van der Waals surface area contributed by atoms with Gasteiger partial charge in [0, 0.05) is 30.9 Å². The van der Waals surface area contributed by atoms with E-state index in [0.29, 0.717) is 5.92 Å². The van der Waals surface area contributed by atoms with Gasteiger partial charge in [-0.05, 0) is 68.0 Å². The Labute approximate surface area is 159 Å². The second kappa shape index (κ2) is 7.43. The van der Waals surface area contributed by atoms with Gasteiger partial charge in [-0.15, -0.1) is 0 Å². The largest absolute Gasteiger partial charge is 0.481 e. The average molecular weight is 363 g/mol.